The molecule has 0 aliphatic rings. The third-order valence-corrected chi connectivity index (χ3v) is 6.25. The lowest BCUT2D eigenvalue weighted by molar-refractivity contribution is 0.511. The van der Waals surface area contributed by atoms with Crippen molar-refractivity contribution in [3.63, 3.8) is 0 Å². The van der Waals surface area contributed by atoms with Crippen molar-refractivity contribution >= 4 is 92.8 Å². The minimum atomic E-state index is -1.42. The highest BCUT2D eigenvalue weighted by Gasteiger charge is 2.29. The monoisotopic (exact) mass is 462 g/mol. The van der Waals surface area contributed by atoms with Crippen molar-refractivity contribution in [2.45, 2.75) is 0 Å². The maximum absolute atomic E-state index is 14.3. The van der Waals surface area contributed by atoms with Gasteiger partial charge in [-0.05, 0) is 0 Å². The van der Waals surface area contributed by atoms with Gasteiger partial charge in [0.05, 0.1) is 40.2 Å². The first-order valence-corrected chi connectivity index (χ1v) is 8.16. The lowest BCUT2D eigenvalue weighted by atomic mass is 10.0. The van der Waals surface area contributed by atoms with Crippen molar-refractivity contribution in [1.29, 1.82) is 0 Å². The van der Waals surface area contributed by atoms with Gasteiger partial charge in [0, 0.05) is 11.1 Å². The average molecular weight is 466 g/mol. The largest absolute Gasteiger partial charge is 0.203 e. The van der Waals surface area contributed by atoms with Crippen LogP contribution in [0, 0.1) is 11.6 Å². The van der Waals surface area contributed by atoms with Crippen molar-refractivity contribution < 1.29 is 8.78 Å². The maximum atomic E-state index is 14.3. The number of hydrogen-bond acceptors (Lipinski definition) is 0. The van der Waals surface area contributed by atoms with E-state index in [1.807, 2.05) is 0 Å². The molecule has 0 N–H and O–H groups in total. The number of rotatable bonds is 1. The van der Waals surface area contributed by atoms with Crippen LogP contribution in [-0.4, -0.2) is 0 Å². The Morgan fingerprint density at radius 1 is 0.364 bits per heavy atom. The Labute approximate surface area is 163 Å². The van der Waals surface area contributed by atoms with Crippen LogP contribution >= 0.6 is 92.8 Å². The van der Waals surface area contributed by atoms with Crippen LogP contribution < -0.4 is 0 Å². The van der Waals surface area contributed by atoms with Crippen LogP contribution in [0.3, 0.4) is 0 Å². The van der Waals surface area contributed by atoms with Crippen LogP contribution in [0.5, 0.6) is 0 Å². The third-order valence-electron chi connectivity index (χ3n) is 2.67. The zero-order valence-corrected chi connectivity index (χ0v) is 15.8. The Hall–Kier alpha value is 0.620. The SMILES string of the molecule is Fc1c(F)c(-c2c(Cl)c(Cl)c(Cl)c(Cl)c2Cl)c(Cl)c(Cl)c1Cl. The molecule has 0 atom stereocenters. The zero-order chi connectivity index (χ0) is 16.9. The zero-order valence-electron chi connectivity index (χ0n) is 9.78. The van der Waals surface area contributed by atoms with Crippen LogP contribution in [0.25, 0.3) is 11.1 Å². The highest BCUT2D eigenvalue weighted by molar-refractivity contribution is 6.57. The van der Waals surface area contributed by atoms with Crippen molar-refractivity contribution in [1.82, 2.24) is 0 Å². The van der Waals surface area contributed by atoms with Gasteiger partial charge in [-0.25, -0.2) is 8.78 Å². The van der Waals surface area contributed by atoms with E-state index in [9.17, 15) is 8.78 Å². The molecular weight excluding hydrogens is 466 g/mol. The summed E-state index contributed by atoms with van der Waals surface area (Å²) in [5, 5.41) is -2.55. The van der Waals surface area contributed by atoms with E-state index in [0.717, 1.165) is 0 Å². The minimum absolute atomic E-state index is 0.140. The van der Waals surface area contributed by atoms with Gasteiger partial charge in [0.1, 0.15) is 0 Å². The Kier molecular flexibility index (Phi) is 5.90. The molecule has 0 aliphatic carbocycles. The molecule has 2 rings (SSSR count). The van der Waals surface area contributed by atoms with Crippen molar-refractivity contribution in [3.05, 3.63) is 51.8 Å². The molecule has 0 amide bonds. The van der Waals surface area contributed by atoms with Gasteiger partial charge in [-0.15, -0.1) is 0 Å². The summed E-state index contributed by atoms with van der Waals surface area (Å²) in [6, 6.07) is 0. The first kappa shape index (κ1) is 19.0. The highest BCUT2D eigenvalue weighted by Crippen LogP contribution is 2.52. The molecule has 2 aromatic rings. The third kappa shape index (κ3) is 2.87. The van der Waals surface area contributed by atoms with E-state index in [1.54, 1.807) is 0 Å². The standard InChI is InChI=1S/C12Cl8F2/c13-3-1(4(14)7(17)9(19)6(3)16)2-5(15)8(18)10(20)12(22)11(2)21. The first-order valence-electron chi connectivity index (χ1n) is 5.14. The molecule has 10 heteroatoms. The number of benzene rings is 2. The Bertz CT molecular complexity index is 677. The molecule has 0 saturated carbocycles. The van der Waals surface area contributed by atoms with E-state index in [2.05, 4.69) is 0 Å². The van der Waals surface area contributed by atoms with Crippen LogP contribution in [0.15, 0.2) is 0 Å². The molecule has 22 heavy (non-hydrogen) atoms. The Morgan fingerprint density at radius 2 is 0.682 bits per heavy atom. The van der Waals surface area contributed by atoms with Gasteiger partial charge in [-0.3, -0.25) is 0 Å². The van der Waals surface area contributed by atoms with Crippen LogP contribution in [0.2, 0.25) is 40.2 Å². The molecule has 0 heterocycles. The molecule has 0 aromatic heterocycles. The van der Waals surface area contributed by atoms with Crippen molar-refractivity contribution in [2.24, 2.45) is 0 Å². The van der Waals surface area contributed by atoms with Gasteiger partial charge in [0.2, 0.25) is 0 Å². The predicted octanol–water partition coefficient (Wildman–Crippen LogP) is 8.86. The topological polar surface area (TPSA) is 0 Å². The summed E-state index contributed by atoms with van der Waals surface area (Å²) in [4.78, 5) is 0. The Balaban J connectivity index is 3.03. The number of halogens is 10. The molecule has 118 valence electrons. The molecule has 0 bridgehead atoms. The summed E-state index contributed by atoms with van der Waals surface area (Å²) in [7, 11) is 0. The van der Waals surface area contributed by atoms with Gasteiger partial charge in [-0.1, -0.05) is 92.8 Å². The van der Waals surface area contributed by atoms with Crippen molar-refractivity contribution in [3.8, 4) is 11.1 Å². The fourth-order valence-corrected chi connectivity index (χ4v) is 3.65. The molecule has 0 radical (unpaired) electrons. The molecule has 0 spiro atoms. The maximum Gasteiger partial charge on any atom is 0.179 e. The fraction of sp³-hybridized carbons (Fsp3) is 0. The van der Waals surface area contributed by atoms with Gasteiger partial charge in [0.15, 0.2) is 11.6 Å². The summed E-state index contributed by atoms with van der Waals surface area (Å²) in [5.41, 5.74) is -0.772. The molecule has 0 saturated heterocycles. The van der Waals surface area contributed by atoms with Gasteiger partial charge in [0.25, 0.3) is 0 Å². The first-order chi connectivity index (χ1) is 10.1. The second kappa shape index (κ2) is 6.85. The van der Waals surface area contributed by atoms with Crippen molar-refractivity contribution in [2.75, 3.05) is 0 Å². The summed E-state index contributed by atoms with van der Waals surface area (Å²) in [6.07, 6.45) is 0. The molecule has 0 nitrogen and oxygen atoms in total. The summed E-state index contributed by atoms with van der Waals surface area (Å²) >= 11 is 46.9. The van der Waals surface area contributed by atoms with E-state index in [-0.39, 0.29) is 30.7 Å². The van der Waals surface area contributed by atoms with Crippen LogP contribution in [-0.2, 0) is 0 Å². The Morgan fingerprint density at radius 3 is 1.14 bits per heavy atom. The lowest BCUT2D eigenvalue weighted by Gasteiger charge is -2.16. The lowest BCUT2D eigenvalue weighted by Crippen LogP contribution is -1.97. The summed E-state index contributed by atoms with van der Waals surface area (Å²) in [6.45, 7) is 0. The summed E-state index contributed by atoms with van der Waals surface area (Å²) in [5.74, 6) is -2.82. The molecule has 0 unspecified atom stereocenters. The van der Waals surface area contributed by atoms with E-state index < -0.39 is 32.3 Å². The van der Waals surface area contributed by atoms with Crippen LogP contribution in [0.1, 0.15) is 0 Å². The van der Waals surface area contributed by atoms with E-state index >= 15 is 0 Å². The minimum Gasteiger partial charge on any atom is -0.203 e. The van der Waals surface area contributed by atoms with E-state index in [1.165, 1.54) is 0 Å². The molecular formula is C12Cl8F2. The summed E-state index contributed by atoms with van der Waals surface area (Å²) < 4.78 is 28.1. The van der Waals surface area contributed by atoms with Crippen LogP contribution in [0.4, 0.5) is 8.78 Å². The van der Waals surface area contributed by atoms with Gasteiger partial charge in [-0.2, -0.15) is 0 Å². The quantitative estimate of drug-likeness (QED) is 0.291. The van der Waals surface area contributed by atoms with Gasteiger partial charge >= 0.3 is 0 Å². The molecule has 0 fully saturated rings. The number of hydrogen-bond donors (Lipinski definition) is 0. The predicted molar refractivity (Wildman–Crippen MR) is 91.9 cm³/mol. The molecule has 2 aromatic carbocycles. The normalized spacial score (nSPS) is 11.2. The highest BCUT2D eigenvalue weighted by atomic mass is 35.5. The average Bonchev–Trinajstić information content (AvgIpc) is 2.50. The second-order valence-corrected chi connectivity index (χ2v) is 6.91. The van der Waals surface area contributed by atoms with E-state index in [4.69, 9.17) is 92.8 Å². The molecule has 0 aliphatic heterocycles. The van der Waals surface area contributed by atoms with Gasteiger partial charge < -0.3 is 0 Å². The smallest absolute Gasteiger partial charge is 0.179 e. The van der Waals surface area contributed by atoms with E-state index in [0.29, 0.717) is 0 Å². The fourth-order valence-electron chi connectivity index (χ4n) is 1.65. The second-order valence-electron chi connectivity index (χ2n) is 3.89.